The number of Topliss-reactive ketones (excluding diaryl/α,β-unsaturated/α-hetero) is 1. The zero-order valence-corrected chi connectivity index (χ0v) is 16.4. The molecule has 0 aliphatic carbocycles. The molecular weight excluding hydrogens is 362 g/mol. The molecule has 0 aromatic carbocycles. The molecule has 2 aromatic rings. The summed E-state index contributed by atoms with van der Waals surface area (Å²) < 4.78 is 8.71. The molecule has 2 amide bonds. The highest BCUT2D eigenvalue weighted by atomic mass is 16.5. The average Bonchev–Trinajstić information content (AvgIpc) is 3.34. The molecule has 2 aromatic heterocycles. The van der Waals surface area contributed by atoms with E-state index >= 15 is 0 Å². The summed E-state index contributed by atoms with van der Waals surface area (Å²) in [6.45, 7) is 2.78. The molecule has 1 N–H and O–H groups in total. The van der Waals surface area contributed by atoms with E-state index in [0.29, 0.717) is 45.0 Å². The maximum Gasteiger partial charge on any atom is 0.317 e. The van der Waals surface area contributed by atoms with Crippen LogP contribution >= 0.6 is 0 Å². The highest BCUT2D eigenvalue weighted by Gasteiger charge is 2.30. The van der Waals surface area contributed by atoms with Gasteiger partial charge in [-0.1, -0.05) is 0 Å². The van der Waals surface area contributed by atoms with E-state index in [1.165, 1.54) is 0 Å². The Labute approximate surface area is 163 Å². The number of ether oxygens (including phenoxy) is 1. The molecule has 0 unspecified atom stereocenters. The zero-order valence-electron chi connectivity index (χ0n) is 16.4. The van der Waals surface area contributed by atoms with Gasteiger partial charge in [-0.15, -0.1) is 10.2 Å². The second kappa shape index (κ2) is 9.45. The molecule has 3 rings (SSSR count). The normalized spacial score (nSPS) is 16.9. The first kappa shape index (κ1) is 20.0. The molecule has 1 aliphatic heterocycles. The molecule has 0 radical (unpaired) electrons. The molecule has 0 saturated carbocycles. The van der Waals surface area contributed by atoms with E-state index < -0.39 is 0 Å². The smallest absolute Gasteiger partial charge is 0.317 e. The van der Waals surface area contributed by atoms with Crippen LogP contribution in [0.4, 0.5) is 4.79 Å². The van der Waals surface area contributed by atoms with Crippen molar-refractivity contribution < 1.29 is 14.3 Å². The van der Waals surface area contributed by atoms with Crippen LogP contribution < -0.4 is 5.32 Å². The van der Waals surface area contributed by atoms with Crippen LogP contribution in [0.3, 0.4) is 0 Å². The Bertz CT molecular complexity index is 801. The summed E-state index contributed by atoms with van der Waals surface area (Å²) in [4.78, 5) is 31.0. The second-order valence-corrected chi connectivity index (χ2v) is 6.93. The molecule has 10 heteroatoms. The number of urea groups is 1. The minimum atomic E-state index is -0.210. The lowest BCUT2D eigenvalue weighted by Gasteiger charge is -2.31. The van der Waals surface area contributed by atoms with E-state index in [2.05, 4.69) is 20.5 Å². The number of carbonyl (C=O) groups excluding carboxylic acids is 2. The Morgan fingerprint density at radius 3 is 3.00 bits per heavy atom. The number of amides is 2. The third-order valence-electron chi connectivity index (χ3n) is 4.98. The Kier molecular flexibility index (Phi) is 6.75. The van der Waals surface area contributed by atoms with Gasteiger partial charge in [-0.3, -0.25) is 4.79 Å². The molecule has 1 fully saturated rings. The third kappa shape index (κ3) is 4.75. The van der Waals surface area contributed by atoms with Crippen molar-refractivity contribution in [2.45, 2.75) is 25.8 Å². The number of methoxy groups -OCH3 is 1. The number of likely N-dealkylation sites (tertiary alicyclic amines) is 1. The summed E-state index contributed by atoms with van der Waals surface area (Å²) >= 11 is 0. The lowest BCUT2D eigenvalue weighted by Crippen LogP contribution is -2.47. The van der Waals surface area contributed by atoms with Gasteiger partial charge >= 0.3 is 6.03 Å². The number of hydrogen-bond donors (Lipinski definition) is 1. The summed E-state index contributed by atoms with van der Waals surface area (Å²) in [6.07, 6.45) is 7.20. The van der Waals surface area contributed by atoms with Crippen LogP contribution in [0.5, 0.6) is 0 Å². The van der Waals surface area contributed by atoms with Crippen LogP contribution in [0.15, 0.2) is 18.7 Å². The monoisotopic (exact) mass is 389 g/mol. The Hall–Kier alpha value is -2.75. The lowest BCUT2D eigenvalue weighted by molar-refractivity contribution is 0.0832. The topological polar surface area (TPSA) is 107 Å². The molecule has 1 saturated heterocycles. The highest BCUT2D eigenvalue weighted by molar-refractivity contribution is 5.95. The van der Waals surface area contributed by atoms with Crippen molar-refractivity contribution in [2.75, 3.05) is 33.4 Å². The largest absolute Gasteiger partial charge is 0.383 e. The summed E-state index contributed by atoms with van der Waals surface area (Å²) in [5.74, 6) is 1.04. The summed E-state index contributed by atoms with van der Waals surface area (Å²) in [7, 11) is 3.45. The van der Waals surface area contributed by atoms with Crippen molar-refractivity contribution >= 4 is 11.8 Å². The molecule has 1 aliphatic rings. The Morgan fingerprint density at radius 1 is 1.39 bits per heavy atom. The van der Waals surface area contributed by atoms with Crippen molar-refractivity contribution in [2.24, 2.45) is 13.0 Å². The van der Waals surface area contributed by atoms with Gasteiger partial charge in [0.25, 0.3) is 0 Å². The number of imidazole rings is 1. The summed E-state index contributed by atoms with van der Waals surface area (Å²) in [6, 6.07) is -0.153. The fraction of sp³-hybridized carbons (Fsp3) is 0.611. The quantitative estimate of drug-likeness (QED) is 0.659. The van der Waals surface area contributed by atoms with Crippen LogP contribution in [-0.2, 0) is 24.8 Å². The first-order valence-electron chi connectivity index (χ1n) is 9.50. The van der Waals surface area contributed by atoms with Gasteiger partial charge in [0.2, 0.25) is 5.78 Å². The molecule has 28 heavy (non-hydrogen) atoms. The predicted molar refractivity (Wildman–Crippen MR) is 101 cm³/mol. The average molecular weight is 389 g/mol. The van der Waals surface area contributed by atoms with E-state index in [9.17, 15) is 9.59 Å². The number of piperidine rings is 1. The van der Waals surface area contributed by atoms with Crippen molar-refractivity contribution in [3.8, 4) is 0 Å². The minimum absolute atomic E-state index is 0.00348. The SMILES string of the molecule is COCCn1cnnc1CCNC(=O)N1CCC[C@H](C(=O)c2nccn2C)C1. The fourth-order valence-corrected chi connectivity index (χ4v) is 3.40. The van der Waals surface area contributed by atoms with Crippen LogP contribution in [-0.4, -0.2) is 74.4 Å². The molecule has 0 spiro atoms. The second-order valence-electron chi connectivity index (χ2n) is 6.93. The standard InChI is InChI=1S/C18H27N7O3/c1-23-9-7-19-17(23)16(26)14-4-3-8-24(12-14)18(27)20-6-5-15-22-21-13-25(15)10-11-28-2/h7,9,13-14H,3-6,8,10-12H2,1-2H3,(H,20,27)/t14-/m0/s1. The van der Waals surface area contributed by atoms with Crippen LogP contribution in [0, 0.1) is 5.92 Å². The summed E-state index contributed by atoms with van der Waals surface area (Å²) in [5, 5.41) is 10.9. The molecule has 0 bridgehead atoms. The van der Waals surface area contributed by atoms with Gasteiger partial charge in [0.1, 0.15) is 12.2 Å². The van der Waals surface area contributed by atoms with Gasteiger partial charge in [0.15, 0.2) is 5.82 Å². The molecule has 152 valence electrons. The van der Waals surface area contributed by atoms with Crippen molar-refractivity contribution in [1.29, 1.82) is 0 Å². The van der Waals surface area contributed by atoms with Crippen molar-refractivity contribution in [1.82, 2.24) is 34.5 Å². The molecular formula is C18H27N7O3. The summed E-state index contributed by atoms with van der Waals surface area (Å²) in [5.41, 5.74) is 0. The van der Waals surface area contributed by atoms with E-state index in [1.807, 2.05) is 4.57 Å². The van der Waals surface area contributed by atoms with Gasteiger partial charge in [-0.2, -0.15) is 0 Å². The van der Waals surface area contributed by atoms with Crippen LogP contribution in [0.1, 0.15) is 29.3 Å². The molecule has 3 heterocycles. The highest BCUT2D eigenvalue weighted by Crippen LogP contribution is 2.20. The lowest BCUT2D eigenvalue weighted by atomic mass is 9.93. The number of hydrogen-bond acceptors (Lipinski definition) is 6. The van der Waals surface area contributed by atoms with Gasteiger partial charge in [0.05, 0.1) is 6.61 Å². The number of nitrogens with zero attached hydrogens (tertiary/aromatic N) is 6. The number of aromatic nitrogens is 5. The molecule has 1 atom stereocenters. The number of nitrogens with one attached hydrogen (secondary N) is 1. The van der Waals surface area contributed by atoms with Gasteiger partial charge in [0, 0.05) is 65.1 Å². The van der Waals surface area contributed by atoms with E-state index in [0.717, 1.165) is 18.7 Å². The third-order valence-corrected chi connectivity index (χ3v) is 4.98. The first-order valence-corrected chi connectivity index (χ1v) is 9.50. The number of carbonyl (C=O) groups is 2. The van der Waals surface area contributed by atoms with Crippen molar-refractivity contribution in [3.05, 3.63) is 30.4 Å². The number of aryl methyl sites for hydroxylation is 1. The Balaban J connectivity index is 1.49. The van der Waals surface area contributed by atoms with Crippen LogP contribution in [0.25, 0.3) is 0 Å². The maximum atomic E-state index is 12.7. The van der Waals surface area contributed by atoms with Gasteiger partial charge in [-0.25, -0.2) is 9.78 Å². The van der Waals surface area contributed by atoms with E-state index in [-0.39, 0.29) is 17.7 Å². The first-order chi connectivity index (χ1) is 13.6. The number of rotatable bonds is 8. The maximum absolute atomic E-state index is 12.7. The molecule has 10 nitrogen and oxygen atoms in total. The van der Waals surface area contributed by atoms with Crippen molar-refractivity contribution in [3.63, 3.8) is 0 Å². The minimum Gasteiger partial charge on any atom is -0.383 e. The fourth-order valence-electron chi connectivity index (χ4n) is 3.40. The van der Waals surface area contributed by atoms with E-state index in [1.54, 1.807) is 42.3 Å². The van der Waals surface area contributed by atoms with Gasteiger partial charge < -0.3 is 24.1 Å². The Morgan fingerprint density at radius 2 is 2.25 bits per heavy atom. The predicted octanol–water partition coefficient (Wildman–Crippen LogP) is 0.505. The van der Waals surface area contributed by atoms with Crippen LogP contribution in [0.2, 0.25) is 0 Å². The van der Waals surface area contributed by atoms with E-state index in [4.69, 9.17) is 4.74 Å². The zero-order chi connectivity index (χ0) is 19.9. The number of ketones is 1. The van der Waals surface area contributed by atoms with Gasteiger partial charge in [-0.05, 0) is 12.8 Å².